The molecule has 5 rings (SSSR count). The van der Waals surface area contributed by atoms with Crippen molar-refractivity contribution in [3.8, 4) is 0 Å². The number of piperidine rings is 1. The minimum absolute atomic E-state index is 0.168. The number of benzene rings is 1. The van der Waals surface area contributed by atoms with E-state index in [1.54, 1.807) is 6.07 Å². The van der Waals surface area contributed by atoms with Crippen LogP contribution in [0.25, 0.3) is 10.9 Å². The van der Waals surface area contributed by atoms with Crippen LogP contribution in [0.3, 0.4) is 0 Å². The Bertz CT molecular complexity index is 1040. The molecule has 7 heteroatoms. The van der Waals surface area contributed by atoms with Crippen molar-refractivity contribution in [2.75, 3.05) is 19.6 Å². The molecule has 3 aliphatic rings. The molecule has 1 saturated carbocycles. The van der Waals surface area contributed by atoms with Crippen LogP contribution in [0.5, 0.6) is 0 Å². The van der Waals surface area contributed by atoms with Crippen LogP contribution in [0.4, 0.5) is 13.2 Å². The van der Waals surface area contributed by atoms with Gasteiger partial charge in [0.1, 0.15) is 0 Å². The molecule has 1 aromatic carbocycles. The van der Waals surface area contributed by atoms with E-state index in [1.165, 1.54) is 6.07 Å². The maximum absolute atomic E-state index is 13.3. The van der Waals surface area contributed by atoms with E-state index in [9.17, 15) is 23.1 Å². The van der Waals surface area contributed by atoms with Gasteiger partial charge in [-0.3, -0.25) is 4.79 Å². The van der Waals surface area contributed by atoms with E-state index in [0.29, 0.717) is 23.6 Å². The third-order valence-corrected chi connectivity index (χ3v) is 8.87. The van der Waals surface area contributed by atoms with Crippen LogP contribution in [-0.4, -0.2) is 40.6 Å². The summed E-state index contributed by atoms with van der Waals surface area (Å²) in [5, 5.41) is 10.6. The lowest BCUT2D eigenvalue weighted by atomic mass is 9.67. The van der Waals surface area contributed by atoms with Crippen molar-refractivity contribution in [1.82, 2.24) is 9.88 Å². The molecule has 1 unspecified atom stereocenters. The summed E-state index contributed by atoms with van der Waals surface area (Å²) >= 11 is 0. The van der Waals surface area contributed by atoms with Crippen molar-refractivity contribution >= 4 is 16.9 Å². The third-order valence-electron chi connectivity index (χ3n) is 8.87. The van der Waals surface area contributed by atoms with E-state index in [1.807, 2.05) is 0 Å². The molecular weight excluding hydrogens is 429 g/mol. The fourth-order valence-corrected chi connectivity index (χ4v) is 6.90. The zero-order chi connectivity index (χ0) is 23.4. The predicted molar refractivity (Wildman–Crippen MR) is 121 cm³/mol. The quantitative estimate of drug-likeness (QED) is 0.568. The molecule has 0 bridgehead atoms. The Morgan fingerprint density at radius 1 is 1.24 bits per heavy atom. The molecule has 0 radical (unpaired) electrons. The fraction of sp³-hybridized carbons (Fsp3) is 0.654. The van der Waals surface area contributed by atoms with Crippen molar-refractivity contribution < 1.29 is 23.1 Å². The number of hydrogen-bond donors (Lipinski definition) is 2. The molecule has 4 nitrogen and oxygen atoms in total. The smallest absolute Gasteiger partial charge is 0.416 e. The van der Waals surface area contributed by atoms with Crippen LogP contribution < -0.4 is 0 Å². The van der Waals surface area contributed by atoms with E-state index in [0.717, 1.165) is 87.4 Å². The Hall–Kier alpha value is -2.02. The van der Waals surface area contributed by atoms with Gasteiger partial charge in [-0.1, -0.05) is 26.2 Å². The van der Waals surface area contributed by atoms with Crippen LogP contribution in [0.15, 0.2) is 18.2 Å². The van der Waals surface area contributed by atoms with Gasteiger partial charge in [0, 0.05) is 23.1 Å². The summed E-state index contributed by atoms with van der Waals surface area (Å²) in [6.07, 6.45) is 2.96. The monoisotopic (exact) mass is 462 g/mol. The SMILES string of the molecule is C[C@H]1c2c([nH]c3ccc(C(F)(F)F)cc23)CC2CCN(CCC3(C(=O)O)CCCCC3)C[C@@H]21. The number of likely N-dealkylation sites (tertiary alicyclic amines) is 1. The fourth-order valence-electron chi connectivity index (χ4n) is 6.90. The highest BCUT2D eigenvalue weighted by atomic mass is 19.4. The number of carboxylic acid groups (broad SMARTS) is 1. The van der Waals surface area contributed by atoms with Gasteiger partial charge in [-0.2, -0.15) is 13.2 Å². The molecule has 2 N–H and O–H groups in total. The highest BCUT2D eigenvalue weighted by Crippen LogP contribution is 2.47. The molecular formula is C26H33F3N2O2. The topological polar surface area (TPSA) is 56.3 Å². The zero-order valence-corrected chi connectivity index (χ0v) is 19.2. The first-order chi connectivity index (χ1) is 15.7. The number of carbonyl (C=O) groups is 1. The Balaban J connectivity index is 1.35. The van der Waals surface area contributed by atoms with Gasteiger partial charge >= 0.3 is 12.1 Å². The van der Waals surface area contributed by atoms with Gasteiger partial charge in [-0.15, -0.1) is 0 Å². The molecule has 180 valence electrons. The average molecular weight is 463 g/mol. The number of carboxylic acids is 1. The maximum Gasteiger partial charge on any atom is 0.416 e. The van der Waals surface area contributed by atoms with Crippen molar-refractivity contribution in [1.29, 1.82) is 0 Å². The minimum Gasteiger partial charge on any atom is -0.481 e. The molecule has 0 spiro atoms. The lowest BCUT2D eigenvalue weighted by Gasteiger charge is -2.45. The van der Waals surface area contributed by atoms with E-state index >= 15 is 0 Å². The lowest BCUT2D eigenvalue weighted by Crippen LogP contribution is -2.47. The highest BCUT2D eigenvalue weighted by molar-refractivity contribution is 5.86. The number of nitrogens with one attached hydrogen (secondary N) is 1. The standard InChI is InChI=1S/C26H33F3N2O2/c1-16-20-15-31(12-10-25(24(32)33)8-3-2-4-9-25)11-7-17(20)13-22-23(16)19-14-18(26(27,28)29)5-6-21(19)30-22/h5-6,14,16-17,20,30H,2-4,7-13,15H2,1H3,(H,32,33)/t16-,17?,20-/m1/s1. The first kappa shape index (κ1) is 22.8. The summed E-state index contributed by atoms with van der Waals surface area (Å²) in [6, 6.07) is 4.03. The van der Waals surface area contributed by atoms with E-state index < -0.39 is 23.1 Å². The molecule has 3 atom stereocenters. The van der Waals surface area contributed by atoms with Crippen LogP contribution in [0, 0.1) is 17.3 Å². The molecule has 2 aromatic rings. The second kappa shape index (κ2) is 8.33. The number of alkyl halides is 3. The molecule has 1 aliphatic heterocycles. The Morgan fingerprint density at radius 2 is 2.00 bits per heavy atom. The lowest BCUT2D eigenvalue weighted by molar-refractivity contribution is -0.152. The number of H-pyrrole nitrogens is 1. The molecule has 33 heavy (non-hydrogen) atoms. The van der Waals surface area contributed by atoms with Crippen LogP contribution in [-0.2, 0) is 17.4 Å². The van der Waals surface area contributed by atoms with Crippen molar-refractivity contribution in [3.63, 3.8) is 0 Å². The second-order valence-electron chi connectivity index (χ2n) is 10.7. The largest absolute Gasteiger partial charge is 0.481 e. The van der Waals surface area contributed by atoms with Crippen LogP contribution in [0.2, 0.25) is 0 Å². The van der Waals surface area contributed by atoms with Gasteiger partial charge in [0.25, 0.3) is 0 Å². The van der Waals surface area contributed by atoms with E-state index in [2.05, 4.69) is 16.8 Å². The molecule has 0 amide bonds. The average Bonchev–Trinajstić information content (AvgIpc) is 3.15. The van der Waals surface area contributed by atoms with Crippen molar-refractivity contribution in [3.05, 3.63) is 35.0 Å². The van der Waals surface area contributed by atoms with Gasteiger partial charge in [0.2, 0.25) is 0 Å². The first-order valence-electron chi connectivity index (χ1n) is 12.4. The number of nitrogens with zero attached hydrogens (tertiary/aromatic N) is 1. The van der Waals surface area contributed by atoms with Crippen LogP contribution >= 0.6 is 0 Å². The second-order valence-corrected chi connectivity index (χ2v) is 10.7. The number of fused-ring (bicyclic) bond motifs is 4. The van der Waals surface area contributed by atoms with Gasteiger partial charge in [-0.25, -0.2) is 0 Å². The number of hydrogen-bond acceptors (Lipinski definition) is 2. The third kappa shape index (κ3) is 4.07. The molecule has 1 aromatic heterocycles. The summed E-state index contributed by atoms with van der Waals surface area (Å²) in [5.74, 6) is 0.419. The normalized spacial score (nSPS) is 27.8. The van der Waals surface area contributed by atoms with Gasteiger partial charge in [0.05, 0.1) is 11.0 Å². The summed E-state index contributed by atoms with van der Waals surface area (Å²) in [7, 11) is 0. The Labute approximate surface area is 192 Å². The Kier molecular flexibility index (Phi) is 5.74. The summed E-state index contributed by atoms with van der Waals surface area (Å²) in [5.41, 5.74) is 1.76. The summed E-state index contributed by atoms with van der Waals surface area (Å²) < 4.78 is 40.0. The number of halogens is 3. The van der Waals surface area contributed by atoms with E-state index in [-0.39, 0.29) is 5.92 Å². The number of aliphatic carboxylic acids is 1. The molecule has 2 aliphatic carbocycles. The van der Waals surface area contributed by atoms with Gasteiger partial charge < -0.3 is 15.0 Å². The van der Waals surface area contributed by atoms with Crippen LogP contribution in [0.1, 0.15) is 74.6 Å². The predicted octanol–water partition coefficient (Wildman–Crippen LogP) is 6.21. The minimum atomic E-state index is -4.35. The first-order valence-corrected chi connectivity index (χ1v) is 12.4. The van der Waals surface area contributed by atoms with Gasteiger partial charge in [0.15, 0.2) is 0 Å². The van der Waals surface area contributed by atoms with Crippen molar-refractivity contribution in [2.45, 2.75) is 70.4 Å². The number of aromatic amines is 1. The van der Waals surface area contributed by atoms with Gasteiger partial charge in [-0.05, 0) is 86.7 Å². The van der Waals surface area contributed by atoms with Crippen molar-refractivity contribution in [2.24, 2.45) is 17.3 Å². The molecule has 2 heterocycles. The Morgan fingerprint density at radius 3 is 2.70 bits per heavy atom. The summed E-state index contributed by atoms with van der Waals surface area (Å²) in [6.45, 7) is 4.82. The number of rotatable bonds is 4. The molecule has 1 saturated heterocycles. The maximum atomic E-state index is 13.3. The number of aromatic nitrogens is 1. The van der Waals surface area contributed by atoms with E-state index in [4.69, 9.17) is 0 Å². The molecule has 2 fully saturated rings. The summed E-state index contributed by atoms with van der Waals surface area (Å²) in [4.78, 5) is 17.9. The zero-order valence-electron chi connectivity index (χ0n) is 19.2. The highest BCUT2D eigenvalue weighted by Gasteiger charge is 2.43.